The number of ether oxygens (including phenoxy) is 2. The number of nitrogens with one attached hydrogen (secondary N) is 1. The number of carbonyl (C=O) groups is 2. The molecule has 21 heavy (non-hydrogen) atoms. The van der Waals surface area contributed by atoms with Crippen molar-refractivity contribution in [1.82, 2.24) is 5.32 Å². The molecule has 112 valence electrons. The molecule has 6 heteroatoms. The smallest absolute Gasteiger partial charge is 0.344 e. The standard InChI is InChI=1S/C15H18N2O4/c1-3-20-15(19)10-21-14-6-4-5-12(8-14)7-13(9-16)17-11(2)18/h4-6,8,13H,3,7,10H2,1-2H3,(H,17,18). The topological polar surface area (TPSA) is 88.4 Å². The average Bonchev–Trinajstić information content (AvgIpc) is 2.44. The molecular formula is C15H18N2O4. The van der Waals surface area contributed by atoms with Gasteiger partial charge in [0.25, 0.3) is 0 Å². The van der Waals surface area contributed by atoms with Gasteiger partial charge in [-0.15, -0.1) is 0 Å². The summed E-state index contributed by atoms with van der Waals surface area (Å²) in [5.74, 6) is -0.174. The summed E-state index contributed by atoms with van der Waals surface area (Å²) in [7, 11) is 0. The minimum atomic E-state index is -0.595. The van der Waals surface area contributed by atoms with Crippen molar-refractivity contribution in [1.29, 1.82) is 5.26 Å². The molecule has 1 rings (SSSR count). The summed E-state index contributed by atoms with van der Waals surface area (Å²) in [5.41, 5.74) is 0.830. The normalized spacial score (nSPS) is 11.1. The van der Waals surface area contributed by atoms with E-state index in [1.807, 2.05) is 12.1 Å². The van der Waals surface area contributed by atoms with Gasteiger partial charge in [0, 0.05) is 13.3 Å². The van der Waals surface area contributed by atoms with Crippen molar-refractivity contribution in [2.24, 2.45) is 0 Å². The molecule has 0 saturated carbocycles. The Hall–Kier alpha value is -2.55. The number of nitriles is 1. The van der Waals surface area contributed by atoms with Crippen LogP contribution in [0.2, 0.25) is 0 Å². The van der Waals surface area contributed by atoms with Crippen LogP contribution in [-0.2, 0) is 20.7 Å². The molecule has 0 spiro atoms. The summed E-state index contributed by atoms with van der Waals surface area (Å²) in [6.07, 6.45) is 0.368. The van der Waals surface area contributed by atoms with Gasteiger partial charge in [0.15, 0.2) is 6.61 Å². The van der Waals surface area contributed by atoms with Gasteiger partial charge in [-0.25, -0.2) is 4.79 Å². The maximum atomic E-state index is 11.2. The summed E-state index contributed by atoms with van der Waals surface area (Å²) in [6, 6.07) is 8.45. The van der Waals surface area contributed by atoms with E-state index in [4.69, 9.17) is 14.7 Å². The molecular weight excluding hydrogens is 272 g/mol. The van der Waals surface area contributed by atoms with Gasteiger partial charge in [0.2, 0.25) is 5.91 Å². The summed E-state index contributed by atoms with van der Waals surface area (Å²) in [4.78, 5) is 22.2. The van der Waals surface area contributed by atoms with Crippen LogP contribution in [0.25, 0.3) is 0 Å². The van der Waals surface area contributed by atoms with Crippen LogP contribution in [0, 0.1) is 11.3 Å². The lowest BCUT2D eigenvalue weighted by molar-refractivity contribution is -0.145. The first kappa shape index (κ1) is 16.5. The van der Waals surface area contributed by atoms with Crippen LogP contribution in [0.3, 0.4) is 0 Å². The zero-order valence-corrected chi connectivity index (χ0v) is 12.1. The third-order valence-electron chi connectivity index (χ3n) is 2.53. The molecule has 1 aromatic rings. The molecule has 0 aliphatic rings. The fourth-order valence-electron chi connectivity index (χ4n) is 1.72. The van der Waals surface area contributed by atoms with Crippen molar-refractivity contribution in [3.8, 4) is 11.8 Å². The van der Waals surface area contributed by atoms with E-state index in [1.165, 1.54) is 6.92 Å². The number of nitrogens with zero attached hydrogens (tertiary/aromatic N) is 1. The molecule has 0 fully saturated rings. The van der Waals surface area contributed by atoms with E-state index in [0.29, 0.717) is 18.8 Å². The second kappa shape index (κ2) is 8.59. The maximum Gasteiger partial charge on any atom is 0.344 e. The highest BCUT2D eigenvalue weighted by molar-refractivity contribution is 5.73. The van der Waals surface area contributed by atoms with Crippen molar-refractivity contribution in [2.45, 2.75) is 26.3 Å². The molecule has 0 heterocycles. The van der Waals surface area contributed by atoms with Gasteiger partial charge in [0.1, 0.15) is 11.8 Å². The first-order valence-electron chi connectivity index (χ1n) is 6.59. The Bertz CT molecular complexity index is 537. The third-order valence-corrected chi connectivity index (χ3v) is 2.53. The molecule has 1 N–H and O–H groups in total. The molecule has 0 aliphatic carbocycles. The SMILES string of the molecule is CCOC(=O)COc1cccc(CC(C#N)NC(C)=O)c1. The van der Waals surface area contributed by atoms with Crippen LogP contribution < -0.4 is 10.1 Å². The predicted octanol–water partition coefficient (Wildman–Crippen LogP) is 1.20. The number of esters is 1. The quantitative estimate of drug-likeness (QED) is 0.762. The zero-order valence-electron chi connectivity index (χ0n) is 12.1. The monoisotopic (exact) mass is 290 g/mol. The van der Waals surface area contributed by atoms with Gasteiger partial charge in [0.05, 0.1) is 12.7 Å². The number of hydrogen-bond acceptors (Lipinski definition) is 5. The molecule has 1 unspecified atom stereocenters. The van der Waals surface area contributed by atoms with E-state index >= 15 is 0 Å². The Morgan fingerprint density at radius 1 is 1.43 bits per heavy atom. The van der Waals surface area contributed by atoms with Gasteiger partial charge < -0.3 is 14.8 Å². The molecule has 1 atom stereocenters. The van der Waals surface area contributed by atoms with E-state index in [9.17, 15) is 9.59 Å². The first-order valence-corrected chi connectivity index (χ1v) is 6.59. The Morgan fingerprint density at radius 2 is 2.19 bits per heavy atom. The molecule has 0 radical (unpaired) electrons. The van der Waals surface area contributed by atoms with Crippen molar-refractivity contribution < 1.29 is 19.1 Å². The van der Waals surface area contributed by atoms with Crippen LogP contribution >= 0.6 is 0 Å². The van der Waals surface area contributed by atoms with Crippen LogP contribution in [0.1, 0.15) is 19.4 Å². The molecule has 0 aromatic heterocycles. The lowest BCUT2D eigenvalue weighted by atomic mass is 10.1. The van der Waals surface area contributed by atoms with Crippen LogP contribution in [0.5, 0.6) is 5.75 Å². The molecule has 1 aromatic carbocycles. The Balaban J connectivity index is 2.61. The summed E-state index contributed by atoms with van der Waals surface area (Å²) in [5, 5.41) is 11.5. The summed E-state index contributed by atoms with van der Waals surface area (Å²) < 4.78 is 10.1. The van der Waals surface area contributed by atoms with Crippen LogP contribution in [0.4, 0.5) is 0 Å². The fraction of sp³-hybridized carbons (Fsp3) is 0.400. The number of amides is 1. The fourth-order valence-corrected chi connectivity index (χ4v) is 1.72. The third kappa shape index (κ3) is 6.43. The molecule has 0 saturated heterocycles. The highest BCUT2D eigenvalue weighted by atomic mass is 16.6. The van der Waals surface area contributed by atoms with Gasteiger partial charge in [-0.1, -0.05) is 12.1 Å². The molecule has 1 amide bonds. The largest absolute Gasteiger partial charge is 0.482 e. The van der Waals surface area contributed by atoms with E-state index < -0.39 is 12.0 Å². The lowest BCUT2D eigenvalue weighted by Crippen LogP contribution is -2.33. The zero-order chi connectivity index (χ0) is 15.7. The molecule has 0 bridgehead atoms. The van der Waals surface area contributed by atoms with Gasteiger partial charge >= 0.3 is 5.97 Å². The first-order chi connectivity index (χ1) is 10.0. The number of carbonyl (C=O) groups excluding carboxylic acids is 2. The van der Waals surface area contributed by atoms with Crippen molar-refractivity contribution in [2.75, 3.05) is 13.2 Å². The minimum Gasteiger partial charge on any atom is -0.482 e. The van der Waals surface area contributed by atoms with E-state index in [2.05, 4.69) is 5.32 Å². The van der Waals surface area contributed by atoms with Gasteiger partial charge in [-0.3, -0.25) is 4.79 Å². The summed E-state index contributed by atoms with van der Waals surface area (Å²) in [6.45, 7) is 3.24. The number of rotatable bonds is 7. The van der Waals surface area contributed by atoms with Gasteiger partial charge in [-0.2, -0.15) is 5.26 Å². The second-order valence-electron chi connectivity index (χ2n) is 4.33. The van der Waals surface area contributed by atoms with E-state index in [0.717, 1.165) is 5.56 Å². The van der Waals surface area contributed by atoms with Gasteiger partial charge in [-0.05, 0) is 24.6 Å². The molecule has 6 nitrogen and oxygen atoms in total. The summed E-state index contributed by atoms with van der Waals surface area (Å²) >= 11 is 0. The van der Waals surface area contributed by atoms with Crippen molar-refractivity contribution >= 4 is 11.9 Å². The highest BCUT2D eigenvalue weighted by Gasteiger charge is 2.10. The molecule has 0 aliphatic heterocycles. The van der Waals surface area contributed by atoms with E-state index in [1.54, 1.807) is 25.1 Å². The maximum absolute atomic E-state index is 11.2. The van der Waals surface area contributed by atoms with E-state index in [-0.39, 0.29) is 12.5 Å². The Labute approximate surface area is 123 Å². The number of hydrogen-bond donors (Lipinski definition) is 1. The average molecular weight is 290 g/mol. The number of benzene rings is 1. The van der Waals surface area contributed by atoms with Crippen molar-refractivity contribution in [3.05, 3.63) is 29.8 Å². The van der Waals surface area contributed by atoms with Crippen molar-refractivity contribution in [3.63, 3.8) is 0 Å². The Morgan fingerprint density at radius 3 is 2.81 bits per heavy atom. The Kier molecular flexibility index (Phi) is 6.75. The van der Waals surface area contributed by atoms with Crippen LogP contribution in [0.15, 0.2) is 24.3 Å². The predicted molar refractivity (Wildman–Crippen MR) is 75.5 cm³/mol. The lowest BCUT2D eigenvalue weighted by Gasteiger charge is -2.11. The minimum absolute atomic E-state index is 0.162. The second-order valence-corrected chi connectivity index (χ2v) is 4.33. The highest BCUT2D eigenvalue weighted by Crippen LogP contribution is 2.14. The van der Waals surface area contributed by atoms with Crippen LogP contribution in [-0.4, -0.2) is 31.1 Å².